The van der Waals surface area contributed by atoms with Crippen LogP contribution in [-0.2, 0) is 0 Å². The van der Waals surface area contributed by atoms with Crippen LogP contribution in [0.25, 0.3) is 16.3 Å². The predicted molar refractivity (Wildman–Crippen MR) is 129 cm³/mol. The van der Waals surface area contributed by atoms with Gasteiger partial charge in [0.15, 0.2) is 0 Å². The molecule has 0 spiro atoms. The predicted octanol–water partition coefficient (Wildman–Crippen LogP) is 5.34. The van der Waals surface area contributed by atoms with Gasteiger partial charge in [0, 0.05) is 35.8 Å². The van der Waals surface area contributed by atoms with Gasteiger partial charge in [-0.1, -0.05) is 31.2 Å². The molecule has 0 bridgehead atoms. The van der Waals surface area contributed by atoms with Gasteiger partial charge in [-0.15, -0.1) is 0 Å². The van der Waals surface area contributed by atoms with Crippen LogP contribution in [0.1, 0.15) is 63.9 Å². The van der Waals surface area contributed by atoms with Crippen molar-refractivity contribution in [2.24, 2.45) is 17.3 Å². The number of anilines is 1. The first-order valence-corrected chi connectivity index (χ1v) is 12.4. The third kappa shape index (κ3) is 3.12. The Kier molecular flexibility index (Phi) is 4.60. The van der Waals surface area contributed by atoms with Crippen LogP contribution in [0.2, 0.25) is 0 Å². The molecule has 33 heavy (non-hydrogen) atoms. The lowest BCUT2D eigenvalue weighted by Gasteiger charge is -2.49. The number of pyridine rings is 1. The minimum Gasteiger partial charge on any atom is -0.393 e. The Labute approximate surface area is 194 Å². The summed E-state index contributed by atoms with van der Waals surface area (Å²) in [6.07, 6.45) is 10.4. The standard InChI is InChI=1S/C28H33FN2O2/c1-26-10-8-21-14-27(29)15-22(32)5-4-20(27)9-11-28(21,33)24(26)7-6-23(26)18-3-2-17-13-25(30)31-16-19(17)12-18/h2-3,6,8,12-13,16,20,22,24,32-33H,4-5,7,9-11,14-15H2,1H3,(H2,30,31)/t20?,22?,24?,26?,27?,28-/m1/s1. The van der Waals surface area contributed by atoms with Gasteiger partial charge in [-0.2, -0.15) is 0 Å². The molecule has 4 aliphatic carbocycles. The van der Waals surface area contributed by atoms with Gasteiger partial charge < -0.3 is 15.9 Å². The molecule has 0 radical (unpaired) electrons. The van der Waals surface area contributed by atoms with Gasteiger partial charge in [-0.25, -0.2) is 9.37 Å². The molecular weight excluding hydrogens is 415 g/mol. The number of aromatic nitrogens is 1. The Hall–Kier alpha value is -2.24. The van der Waals surface area contributed by atoms with E-state index in [1.165, 1.54) is 5.57 Å². The molecule has 4 aliphatic rings. The summed E-state index contributed by atoms with van der Waals surface area (Å²) in [6.45, 7) is 2.26. The SMILES string of the molecule is CC12CC=C3CC4(F)CC(O)CCC4CC[C@]3(O)C1CC=C2c1ccc2cc(N)ncc2c1. The summed E-state index contributed by atoms with van der Waals surface area (Å²) in [4.78, 5) is 4.25. The van der Waals surface area contributed by atoms with Crippen molar-refractivity contribution in [2.45, 2.75) is 75.7 Å². The maximum atomic E-state index is 16.1. The third-order valence-corrected chi connectivity index (χ3v) is 9.41. The van der Waals surface area contributed by atoms with Crippen LogP contribution in [0.4, 0.5) is 10.2 Å². The molecule has 0 saturated heterocycles. The fourth-order valence-corrected chi connectivity index (χ4v) is 7.60. The monoisotopic (exact) mass is 448 g/mol. The quantitative estimate of drug-likeness (QED) is 0.515. The molecule has 1 aromatic carbocycles. The minimum atomic E-state index is -1.40. The molecule has 0 amide bonds. The van der Waals surface area contributed by atoms with Crippen molar-refractivity contribution in [2.75, 3.05) is 5.73 Å². The summed E-state index contributed by atoms with van der Waals surface area (Å²) in [6, 6.07) is 8.29. The number of rotatable bonds is 1. The van der Waals surface area contributed by atoms with E-state index in [4.69, 9.17) is 5.73 Å². The average molecular weight is 449 g/mol. The van der Waals surface area contributed by atoms with Crippen molar-refractivity contribution in [3.8, 4) is 0 Å². The van der Waals surface area contributed by atoms with E-state index in [-0.39, 0.29) is 30.1 Å². The highest BCUT2D eigenvalue weighted by Gasteiger charge is 2.59. The second kappa shape index (κ2) is 7.13. The van der Waals surface area contributed by atoms with Crippen LogP contribution in [0, 0.1) is 17.3 Å². The maximum absolute atomic E-state index is 16.1. The van der Waals surface area contributed by atoms with Crippen molar-refractivity contribution in [3.05, 3.63) is 53.8 Å². The second-order valence-electron chi connectivity index (χ2n) is 11.2. The summed E-state index contributed by atoms with van der Waals surface area (Å²) < 4.78 is 16.1. The van der Waals surface area contributed by atoms with E-state index in [0.717, 1.165) is 34.8 Å². The molecule has 4 N–H and O–H groups in total. The van der Waals surface area contributed by atoms with E-state index in [0.29, 0.717) is 31.5 Å². The Morgan fingerprint density at radius 2 is 1.97 bits per heavy atom. The number of nitrogens with two attached hydrogens (primary N) is 1. The van der Waals surface area contributed by atoms with E-state index in [1.54, 1.807) is 0 Å². The van der Waals surface area contributed by atoms with Crippen LogP contribution in [0.15, 0.2) is 48.2 Å². The molecule has 2 fully saturated rings. The summed E-state index contributed by atoms with van der Waals surface area (Å²) in [5.41, 5.74) is 6.55. The van der Waals surface area contributed by atoms with Gasteiger partial charge in [0.1, 0.15) is 11.5 Å². The molecular formula is C28H33FN2O2. The fourth-order valence-electron chi connectivity index (χ4n) is 7.60. The normalized spacial score (nSPS) is 40.3. The molecule has 1 aromatic heterocycles. The number of aliphatic hydroxyl groups excluding tert-OH is 1. The zero-order valence-electron chi connectivity index (χ0n) is 19.2. The highest BCUT2D eigenvalue weighted by molar-refractivity contribution is 5.88. The minimum absolute atomic E-state index is 0.0360. The first kappa shape index (κ1) is 21.3. The smallest absolute Gasteiger partial charge is 0.123 e. The van der Waals surface area contributed by atoms with Gasteiger partial charge >= 0.3 is 0 Å². The molecule has 5 unspecified atom stereocenters. The summed E-state index contributed by atoms with van der Waals surface area (Å²) >= 11 is 0. The Bertz CT molecular complexity index is 1190. The lowest BCUT2D eigenvalue weighted by atomic mass is 9.58. The zero-order chi connectivity index (χ0) is 23.0. The van der Waals surface area contributed by atoms with Crippen LogP contribution >= 0.6 is 0 Å². The van der Waals surface area contributed by atoms with Gasteiger partial charge in [0.2, 0.25) is 0 Å². The number of aliphatic hydroxyl groups is 2. The number of allylic oxidation sites excluding steroid dienone is 3. The number of nitrogen functional groups attached to an aromatic ring is 1. The molecule has 4 nitrogen and oxygen atoms in total. The van der Waals surface area contributed by atoms with Gasteiger partial charge in [-0.05, 0) is 78.7 Å². The van der Waals surface area contributed by atoms with Crippen LogP contribution < -0.4 is 5.73 Å². The van der Waals surface area contributed by atoms with E-state index in [9.17, 15) is 10.2 Å². The van der Waals surface area contributed by atoms with Crippen LogP contribution in [0.5, 0.6) is 0 Å². The topological polar surface area (TPSA) is 79.4 Å². The highest BCUT2D eigenvalue weighted by Crippen LogP contribution is 2.63. The van der Waals surface area contributed by atoms with Crippen LogP contribution in [-0.4, -0.2) is 32.6 Å². The molecule has 5 heteroatoms. The molecule has 0 aliphatic heterocycles. The van der Waals surface area contributed by atoms with Gasteiger partial charge in [0.25, 0.3) is 0 Å². The van der Waals surface area contributed by atoms with E-state index in [2.05, 4.69) is 42.3 Å². The molecule has 2 saturated carbocycles. The Morgan fingerprint density at radius 1 is 1.12 bits per heavy atom. The molecule has 1 heterocycles. The first-order chi connectivity index (χ1) is 15.7. The second-order valence-corrected chi connectivity index (χ2v) is 11.2. The number of nitrogens with zero attached hydrogens (tertiary/aromatic N) is 1. The number of hydrogen-bond donors (Lipinski definition) is 3. The lowest BCUT2D eigenvalue weighted by molar-refractivity contribution is -0.0359. The van der Waals surface area contributed by atoms with E-state index >= 15 is 4.39 Å². The Balaban J connectivity index is 1.36. The van der Waals surface area contributed by atoms with Crippen molar-refractivity contribution in [1.29, 1.82) is 0 Å². The lowest BCUT2D eigenvalue weighted by Crippen LogP contribution is -2.49. The van der Waals surface area contributed by atoms with E-state index < -0.39 is 17.4 Å². The van der Waals surface area contributed by atoms with Crippen molar-refractivity contribution >= 4 is 22.2 Å². The Morgan fingerprint density at radius 3 is 2.82 bits per heavy atom. The van der Waals surface area contributed by atoms with Gasteiger partial charge in [-0.3, -0.25) is 0 Å². The summed E-state index contributed by atoms with van der Waals surface area (Å²) in [7, 11) is 0. The summed E-state index contributed by atoms with van der Waals surface area (Å²) in [5.74, 6) is 0.479. The number of hydrogen-bond acceptors (Lipinski definition) is 4. The third-order valence-electron chi connectivity index (χ3n) is 9.41. The zero-order valence-corrected chi connectivity index (χ0v) is 19.2. The van der Waals surface area contributed by atoms with Crippen LogP contribution in [0.3, 0.4) is 0 Å². The number of benzene rings is 1. The fraction of sp³-hybridized carbons (Fsp3) is 0.536. The van der Waals surface area contributed by atoms with Gasteiger partial charge in [0.05, 0.1) is 11.7 Å². The number of fused-ring (bicyclic) bond motifs is 5. The highest BCUT2D eigenvalue weighted by atomic mass is 19.1. The van der Waals surface area contributed by atoms with E-state index in [1.807, 2.05) is 12.3 Å². The molecule has 6 rings (SSSR count). The molecule has 2 aromatic rings. The molecule has 174 valence electrons. The average Bonchev–Trinajstić information content (AvgIpc) is 3.08. The number of halogens is 1. The van der Waals surface area contributed by atoms with Crippen molar-refractivity contribution < 1.29 is 14.6 Å². The first-order valence-electron chi connectivity index (χ1n) is 12.4. The largest absolute Gasteiger partial charge is 0.393 e. The number of alkyl halides is 1. The maximum Gasteiger partial charge on any atom is 0.123 e. The van der Waals surface area contributed by atoms with Crippen molar-refractivity contribution in [1.82, 2.24) is 4.98 Å². The molecule has 6 atom stereocenters. The van der Waals surface area contributed by atoms with Crippen molar-refractivity contribution in [3.63, 3.8) is 0 Å². The summed E-state index contributed by atoms with van der Waals surface area (Å²) in [5, 5.41) is 24.4.